The Morgan fingerprint density at radius 1 is 1.12 bits per heavy atom. The van der Waals surface area contributed by atoms with Gasteiger partial charge in [0.25, 0.3) is 0 Å². The molecule has 32 heavy (non-hydrogen) atoms. The van der Waals surface area contributed by atoms with Gasteiger partial charge in [-0.2, -0.15) is 0 Å². The fourth-order valence-electron chi connectivity index (χ4n) is 4.42. The molecule has 7 nitrogen and oxygen atoms in total. The van der Waals surface area contributed by atoms with Crippen molar-refractivity contribution >= 4 is 17.0 Å². The molecule has 0 aliphatic carbocycles. The highest BCUT2D eigenvalue weighted by Gasteiger charge is 2.24. The van der Waals surface area contributed by atoms with Crippen molar-refractivity contribution in [2.75, 3.05) is 40.3 Å². The minimum atomic E-state index is 0.295. The molecule has 0 spiro atoms. The molecule has 2 heterocycles. The number of fused-ring (bicyclic) bond motifs is 1. The number of nitrogens with zero attached hydrogens (tertiary/aromatic N) is 4. The number of benzene rings is 2. The van der Waals surface area contributed by atoms with Crippen molar-refractivity contribution in [1.82, 2.24) is 25.1 Å². The molecule has 1 unspecified atom stereocenters. The van der Waals surface area contributed by atoms with Crippen molar-refractivity contribution in [3.05, 3.63) is 60.4 Å². The molecule has 0 saturated carbocycles. The number of aryl methyl sites for hydroxylation is 1. The number of aromatic nitrogens is 2. The fraction of sp³-hybridized carbons (Fsp3) is 0.440. The zero-order valence-electron chi connectivity index (χ0n) is 19.1. The van der Waals surface area contributed by atoms with E-state index < -0.39 is 0 Å². The first-order valence-corrected chi connectivity index (χ1v) is 11.5. The standard InChI is InChI=1S/C25H34N6O/c1-26-25(27-13-8-16-31-19-29-22-11-3-4-12-23(22)31)28-18-24(30-14-5-6-15-30)20-9-7-10-21(17-20)32-2/h3-4,7,9-12,17,19,24H,5-6,8,13-16,18H2,1-2H3,(H2,26,27,28). The van der Waals surface area contributed by atoms with E-state index in [1.807, 2.05) is 25.5 Å². The summed E-state index contributed by atoms with van der Waals surface area (Å²) in [5.41, 5.74) is 3.51. The summed E-state index contributed by atoms with van der Waals surface area (Å²) in [5.74, 6) is 1.74. The molecule has 1 aliphatic heterocycles. The van der Waals surface area contributed by atoms with Crippen LogP contribution < -0.4 is 15.4 Å². The van der Waals surface area contributed by atoms with Crippen LogP contribution in [0.25, 0.3) is 11.0 Å². The van der Waals surface area contributed by atoms with Gasteiger partial charge in [0, 0.05) is 26.7 Å². The average Bonchev–Trinajstić information content (AvgIpc) is 3.51. The third kappa shape index (κ3) is 5.40. The number of hydrogen-bond acceptors (Lipinski definition) is 4. The molecule has 0 bridgehead atoms. The minimum absolute atomic E-state index is 0.295. The summed E-state index contributed by atoms with van der Waals surface area (Å²) in [7, 11) is 3.55. The Balaban J connectivity index is 1.30. The Kier molecular flexibility index (Phi) is 7.61. The van der Waals surface area contributed by atoms with Crippen LogP contribution in [0.2, 0.25) is 0 Å². The Labute approximate surface area is 190 Å². The summed E-state index contributed by atoms with van der Waals surface area (Å²) >= 11 is 0. The Hall–Kier alpha value is -3.06. The zero-order valence-corrected chi connectivity index (χ0v) is 19.1. The van der Waals surface area contributed by atoms with Crippen LogP contribution in [0, 0.1) is 0 Å². The van der Waals surface area contributed by atoms with Crippen LogP contribution in [0.3, 0.4) is 0 Å². The highest BCUT2D eigenvalue weighted by atomic mass is 16.5. The molecule has 170 valence electrons. The van der Waals surface area contributed by atoms with Crippen molar-refractivity contribution in [3.8, 4) is 5.75 Å². The molecule has 0 radical (unpaired) electrons. The lowest BCUT2D eigenvalue weighted by molar-refractivity contribution is 0.245. The number of methoxy groups -OCH3 is 1. The van der Waals surface area contributed by atoms with E-state index in [0.29, 0.717) is 6.04 Å². The molecule has 1 aliphatic rings. The number of guanidine groups is 1. The summed E-state index contributed by atoms with van der Waals surface area (Å²) in [6.45, 7) is 4.84. The van der Waals surface area contributed by atoms with Gasteiger partial charge in [0.1, 0.15) is 5.75 Å². The lowest BCUT2D eigenvalue weighted by atomic mass is 10.1. The lowest BCUT2D eigenvalue weighted by Crippen LogP contribution is -2.43. The van der Waals surface area contributed by atoms with E-state index in [0.717, 1.165) is 56.4 Å². The topological polar surface area (TPSA) is 66.7 Å². The number of ether oxygens (including phenoxy) is 1. The predicted molar refractivity (Wildman–Crippen MR) is 130 cm³/mol. The van der Waals surface area contributed by atoms with E-state index in [4.69, 9.17) is 4.74 Å². The van der Waals surface area contributed by atoms with Crippen LogP contribution in [0.15, 0.2) is 59.9 Å². The van der Waals surface area contributed by atoms with Gasteiger partial charge in [-0.25, -0.2) is 4.98 Å². The largest absolute Gasteiger partial charge is 0.497 e. The first-order valence-electron chi connectivity index (χ1n) is 11.5. The van der Waals surface area contributed by atoms with Gasteiger partial charge in [0.15, 0.2) is 5.96 Å². The van der Waals surface area contributed by atoms with Gasteiger partial charge in [0.05, 0.1) is 30.5 Å². The van der Waals surface area contributed by atoms with Gasteiger partial charge < -0.3 is 19.9 Å². The van der Waals surface area contributed by atoms with Crippen LogP contribution in [0.5, 0.6) is 5.75 Å². The van der Waals surface area contributed by atoms with Gasteiger partial charge >= 0.3 is 0 Å². The number of nitrogens with one attached hydrogen (secondary N) is 2. The van der Waals surface area contributed by atoms with Crippen molar-refractivity contribution < 1.29 is 4.74 Å². The maximum absolute atomic E-state index is 5.46. The van der Waals surface area contributed by atoms with Crippen molar-refractivity contribution in [3.63, 3.8) is 0 Å². The van der Waals surface area contributed by atoms with Crippen molar-refractivity contribution in [2.24, 2.45) is 4.99 Å². The number of imidazole rings is 1. The normalized spacial score (nSPS) is 15.8. The van der Waals surface area contributed by atoms with Crippen LogP contribution in [-0.2, 0) is 6.54 Å². The van der Waals surface area contributed by atoms with Gasteiger partial charge in [-0.15, -0.1) is 0 Å². The maximum atomic E-state index is 5.46. The van der Waals surface area contributed by atoms with E-state index in [2.05, 4.69) is 66.5 Å². The van der Waals surface area contributed by atoms with E-state index in [9.17, 15) is 0 Å². The van der Waals surface area contributed by atoms with Gasteiger partial charge in [-0.1, -0.05) is 24.3 Å². The first-order chi connectivity index (χ1) is 15.8. The lowest BCUT2D eigenvalue weighted by Gasteiger charge is -2.29. The third-order valence-electron chi connectivity index (χ3n) is 6.14. The maximum Gasteiger partial charge on any atom is 0.191 e. The molecular weight excluding hydrogens is 400 g/mol. The molecule has 1 saturated heterocycles. The highest BCUT2D eigenvalue weighted by Crippen LogP contribution is 2.27. The quantitative estimate of drug-likeness (QED) is 0.307. The number of rotatable bonds is 9. The summed E-state index contributed by atoms with van der Waals surface area (Å²) in [6.07, 6.45) is 5.44. The molecule has 3 aromatic rings. The van der Waals surface area contributed by atoms with Crippen LogP contribution in [0.1, 0.15) is 30.9 Å². The number of aliphatic imine (C=N–C) groups is 1. The van der Waals surface area contributed by atoms with E-state index in [1.165, 1.54) is 23.9 Å². The Morgan fingerprint density at radius 3 is 2.78 bits per heavy atom. The van der Waals surface area contributed by atoms with Gasteiger partial charge in [0.2, 0.25) is 0 Å². The summed E-state index contributed by atoms with van der Waals surface area (Å²) < 4.78 is 7.66. The monoisotopic (exact) mass is 434 g/mol. The molecule has 2 N–H and O–H groups in total. The van der Waals surface area contributed by atoms with E-state index in [-0.39, 0.29) is 0 Å². The minimum Gasteiger partial charge on any atom is -0.497 e. The Bertz CT molecular complexity index is 1020. The second-order valence-electron chi connectivity index (χ2n) is 8.20. The number of para-hydroxylation sites is 2. The smallest absolute Gasteiger partial charge is 0.191 e. The molecule has 2 aromatic carbocycles. The number of likely N-dealkylation sites (tertiary alicyclic amines) is 1. The molecular formula is C25H34N6O. The molecule has 7 heteroatoms. The molecule has 1 fully saturated rings. The highest BCUT2D eigenvalue weighted by molar-refractivity contribution is 5.79. The predicted octanol–water partition coefficient (Wildman–Crippen LogP) is 3.44. The third-order valence-corrected chi connectivity index (χ3v) is 6.14. The molecule has 4 rings (SSSR count). The van der Waals surface area contributed by atoms with Gasteiger partial charge in [-0.05, 0) is 62.2 Å². The van der Waals surface area contributed by atoms with Crippen molar-refractivity contribution in [2.45, 2.75) is 31.8 Å². The van der Waals surface area contributed by atoms with E-state index >= 15 is 0 Å². The molecule has 1 aromatic heterocycles. The van der Waals surface area contributed by atoms with Crippen molar-refractivity contribution in [1.29, 1.82) is 0 Å². The first kappa shape index (κ1) is 22.1. The molecule has 0 amide bonds. The summed E-state index contributed by atoms with van der Waals surface area (Å²) in [4.78, 5) is 11.5. The van der Waals surface area contributed by atoms with Crippen LogP contribution >= 0.6 is 0 Å². The SMILES string of the molecule is CN=C(NCCCn1cnc2ccccc21)NCC(c1cccc(OC)c1)N1CCCC1. The zero-order chi connectivity index (χ0) is 22.2. The molecule has 1 atom stereocenters. The Morgan fingerprint density at radius 2 is 1.97 bits per heavy atom. The summed E-state index contributed by atoms with van der Waals surface area (Å²) in [6, 6.07) is 17.0. The fourth-order valence-corrected chi connectivity index (χ4v) is 4.42. The summed E-state index contributed by atoms with van der Waals surface area (Å²) in [5, 5.41) is 7.00. The second kappa shape index (κ2) is 11.0. The van der Waals surface area contributed by atoms with E-state index in [1.54, 1.807) is 7.11 Å². The van der Waals surface area contributed by atoms with Crippen LogP contribution in [0.4, 0.5) is 0 Å². The van der Waals surface area contributed by atoms with Gasteiger partial charge in [-0.3, -0.25) is 9.89 Å². The average molecular weight is 435 g/mol. The second-order valence-corrected chi connectivity index (χ2v) is 8.20. The van der Waals surface area contributed by atoms with Crippen LogP contribution in [-0.4, -0.2) is 60.7 Å². The number of hydrogen-bond donors (Lipinski definition) is 2.